The molecule has 0 fully saturated rings. The van der Waals surface area contributed by atoms with Crippen molar-refractivity contribution in [1.82, 2.24) is 10.3 Å². The minimum absolute atomic E-state index is 0.0474. The number of carbonyl (C=O) groups is 2. The number of thioether (sulfide) groups is 1. The molecule has 0 bridgehead atoms. The van der Waals surface area contributed by atoms with Gasteiger partial charge in [0.15, 0.2) is 0 Å². The number of amides is 1. The first kappa shape index (κ1) is 23.3. The van der Waals surface area contributed by atoms with Crippen LogP contribution in [0.2, 0.25) is 0 Å². The van der Waals surface area contributed by atoms with Crippen LogP contribution in [0.15, 0.2) is 78.0 Å². The van der Waals surface area contributed by atoms with Crippen molar-refractivity contribution >= 4 is 23.6 Å². The molecule has 1 N–H and O–H groups in total. The molecule has 2 aromatic carbocycles. The van der Waals surface area contributed by atoms with Crippen molar-refractivity contribution in [1.29, 1.82) is 0 Å². The summed E-state index contributed by atoms with van der Waals surface area (Å²) >= 11 is 1.28. The van der Waals surface area contributed by atoms with Crippen LogP contribution in [0.3, 0.4) is 0 Å². The highest BCUT2D eigenvalue weighted by Gasteiger charge is 2.15. The van der Waals surface area contributed by atoms with E-state index in [0.717, 1.165) is 5.56 Å². The fourth-order valence-electron chi connectivity index (χ4n) is 2.73. The van der Waals surface area contributed by atoms with Crippen LogP contribution >= 0.6 is 11.8 Å². The van der Waals surface area contributed by atoms with Crippen molar-refractivity contribution in [2.24, 2.45) is 0 Å². The van der Waals surface area contributed by atoms with Gasteiger partial charge in [0.2, 0.25) is 5.91 Å². The smallest absolute Gasteiger partial charge is 0.339 e. The van der Waals surface area contributed by atoms with Gasteiger partial charge in [0.05, 0.1) is 24.1 Å². The molecule has 32 heavy (non-hydrogen) atoms. The van der Waals surface area contributed by atoms with Gasteiger partial charge in [0, 0.05) is 30.3 Å². The van der Waals surface area contributed by atoms with Gasteiger partial charge in [0.25, 0.3) is 0 Å². The van der Waals surface area contributed by atoms with E-state index in [1.807, 2.05) is 30.3 Å². The second-order valence-corrected chi connectivity index (χ2v) is 7.62. The third-order valence-electron chi connectivity index (χ3n) is 4.29. The number of ether oxygens (including phenoxy) is 3. The van der Waals surface area contributed by atoms with Gasteiger partial charge >= 0.3 is 5.97 Å². The van der Waals surface area contributed by atoms with Crippen molar-refractivity contribution in [3.05, 3.63) is 84.2 Å². The number of nitrogens with one attached hydrogen (secondary N) is 1. The molecule has 1 heterocycles. The highest BCUT2D eigenvalue weighted by Crippen LogP contribution is 2.27. The highest BCUT2D eigenvalue weighted by molar-refractivity contribution is 8.00. The summed E-state index contributed by atoms with van der Waals surface area (Å²) in [5.74, 6) is 0.775. The van der Waals surface area contributed by atoms with Crippen molar-refractivity contribution in [2.75, 3.05) is 26.0 Å². The van der Waals surface area contributed by atoms with Crippen LogP contribution in [-0.4, -0.2) is 42.9 Å². The summed E-state index contributed by atoms with van der Waals surface area (Å²) in [6.45, 7) is 0.942. The topological polar surface area (TPSA) is 86.8 Å². The zero-order valence-electron chi connectivity index (χ0n) is 17.7. The number of carbonyl (C=O) groups excluding carboxylic acids is 2. The van der Waals surface area contributed by atoms with Crippen LogP contribution in [0.4, 0.5) is 0 Å². The summed E-state index contributed by atoms with van der Waals surface area (Å²) in [6.07, 6.45) is 3.28. The van der Waals surface area contributed by atoms with Crippen LogP contribution in [0.25, 0.3) is 0 Å². The molecule has 0 aliphatic carbocycles. The molecule has 0 aliphatic rings. The molecule has 0 radical (unpaired) electrons. The number of pyridine rings is 1. The van der Waals surface area contributed by atoms with Crippen molar-refractivity contribution in [2.45, 2.75) is 11.5 Å². The molecule has 166 valence electrons. The van der Waals surface area contributed by atoms with E-state index in [1.165, 1.54) is 11.8 Å². The van der Waals surface area contributed by atoms with Gasteiger partial charge in [-0.15, -0.1) is 11.8 Å². The molecule has 7 nitrogen and oxygen atoms in total. The second-order valence-electron chi connectivity index (χ2n) is 6.60. The molecule has 0 spiro atoms. The fraction of sp³-hybridized carbons (Fsp3) is 0.208. The van der Waals surface area contributed by atoms with E-state index in [0.29, 0.717) is 35.1 Å². The number of rotatable bonds is 11. The summed E-state index contributed by atoms with van der Waals surface area (Å²) in [4.78, 5) is 29.4. The Labute approximate surface area is 191 Å². The van der Waals surface area contributed by atoms with Gasteiger partial charge in [-0.2, -0.15) is 0 Å². The summed E-state index contributed by atoms with van der Waals surface area (Å²) in [5, 5.41) is 2.76. The van der Waals surface area contributed by atoms with Gasteiger partial charge in [-0.1, -0.05) is 30.3 Å². The van der Waals surface area contributed by atoms with Gasteiger partial charge in [-0.05, 0) is 30.3 Å². The summed E-state index contributed by atoms with van der Waals surface area (Å²) < 4.78 is 16.3. The molecule has 3 rings (SSSR count). The summed E-state index contributed by atoms with van der Waals surface area (Å²) in [5.41, 5.74) is 1.14. The van der Waals surface area contributed by atoms with Crippen LogP contribution < -0.4 is 10.1 Å². The minimum atomic E-state index is -0.468. The fourth-order valence-corrected chi connectivity index (χ4v) is 3.60. The molecule has 0 atom stereocenters. The largest absolute Gasteiger partial charge is 0.457 e. The van der Waals surface area contributed by atoms with E-state index in [4.69, 9.17) is 14.2 Å². The first-order valence-electron chi connectivity index (χ1n) is 9.97. The van der Waals surface area contributed by atoms with E-state index in [1.54, 1.807) is 49.8 Å². The Balaban J connectivity index is 1.61. The number of methoxy groups -OCH3 is 1. The van der Waals surface area contributed by atoms with Gasteiger partial charge < -0.3 is 19.5 Å². The number of esters is 1. The lowest BCUT2D eigenvalue weighted by Crippen LogP contribution is -2.28. The van der Waals surface area contributed by atoms with E-state index in [-0.39, 0.29) is 18.3 Å². The first-order valence-corrected chi connectivity index (χ1v) is 11.0. The molecule has 0 saturated carbocycles. The Morgan fingerprint density at radius 1 is 1.03 bits per heavy atom. The van der Waals surface area contributed by atoms with E-state index >= 15 is 0 Å². The number of aromatic nitrogens is 1. The molecular weight excluding hydrogens is 428 g/mol. The maximum atomic E-state index is 12.8. The molecule has 3 aromatic rings. The van der Waals surface area contributed by atoms with Crippen LogP contribution in [0, 0.1) is 0 Å². The van der Waals surface area contributed by atoms with Crippen molar-refractivity contribution < 1.29 is 23.8 Å². The lowest BCUT2D eigenvalue weighted by Gasteiger charge is -2.12. The SMILES string of the molecule is COCCNC(=O)CSc1ccccc1C(=O)OCc1ccccc1Oc1cccnc1. The van der Waals surface area contributed by atoms with Crippen LogP contribution in [0.5, 0.6) is 11.5 Å². The predicted molar refractivity (Wildman–Crippen MR) is 122 cm³/mol. The monoisotopic (exact) mass is 452 g/mol. The van der Waals surface area contributed by atoms with Gasteiger partial charge in [0.1, 0.15) is 18.1 Å². The lowest BCUT2D eigenvalue weighted by molar-refractivity contribution is -0.118. The number of hydrogen-bond acceptors (Lipinski definition) is 7. The molecule has 1 amide bonds. The predicted octanol–water partition coefficient (Wildman–Crippen LogP) is 4.09. The molecule has 8 heteroatoms. The van der Waals surface area contributed by atoms with E-state index < -0.39 is 5.97 Å². The van der Waals surface area contributed by atoms with Gasteiger partial charge in [-0.3, -0.25) is 9.78 Å². The average Bonchev–Trinajstić information content (AvgIpc) is 2.83. The molecular formula is C24H24N2O5S. The summed E-state index contributed by atoms with van der Waals surface area (Å²) in [6, 6.07) is 18.0. The Hall–Kier alpha value is -3.36. The van der Waals surface area contributed by atoms with Crippen molar-refractivity contribution in [3.63, 3.8) is 0 Å². The minimum Gasteiger partial charge on any atom is -0.457 e. The van der Waals surface area contributed by atoms with Crippen molar-refractivity contribution in [3.8, 4) is 11.5 Å². The molecule has 1 aromatic heterocycles. The maximum Gasteiger partial charge on any atom is 0.339 e. The Kier molecular flexibility index (Phi) is 9.09. The third kappa shape index (κ3) is 7.11. The Bertz CT molecular complexity index is 1030. The zero-order chi connectivity index (χ0) is 22.6. The second kappa shape index (κ2) is 12.5. The lowest BCUT2D eigenvalue weighted by atomic mass is 10.2. The van der Waals surface area contributed by atoms with Crippen LogP contribution in [0.1, 0.15) is 15.9 Å². The Morgan fingerprint density at radius 3 is 2.66 bits per heavy atom. The molecule has 0 saturated heterocycles. The van der Waals surface area contributed by atoms with Gasteiger partial charge in [-0.25, -0.2) is 4.79 Å². The average molecular weight is 453 g/mol. The molecule has 0 unspecified atom stereocenters. The van der Waals surface area contributed by atoms with E-state index in [9.17, 15) is 9.59 Å². The van der Waals surface area contributed by atoms with E-state index in [2.05, 4.69) is 10.3 Å². The number of nitrogens with zero attached hydrogens (tertiary/aromatic N) is 1. The number of benzene rings is 2. The normalized spacial score (nSPS) is 10.4. The number of para-hydroxylation sites is 1. The summed E-state index contributed by atoms with van der Waals surface area (Å²) in [7, 11) is 1.58. The Morgan fingerprint density at radius 2 is 1.84 bits per heavy atom. The first-order chi connectivity index (χ1) is 15.7. The quantitative estimate of drug-likeness (QED) is 0.266. The zero-order valence-corrected chi connectivity index (χ0v) is 18.5. The maximum absolute atomic E-state index is 12.8. The number of hydrogen-bond donors (Lipinski definition) is 1. The third-order valence-corrected chi connectivity index (χ3v) is 5.36. The molecule has 0 aliphatic heterocycles. The highest BCUT2D eigenvalue weighted by atomic mass is 32.2. The standard InChI is InChI=1S/C24H24N2O5S/c1-29-14-13-26-23(27)17-32-22-11-5-3-9-20(22)24(28)30-16-18-7-2-4-10-21(18)31-19-8-6-12-25-15-19/h2-12,15H,13-14,16-17H2,1H3,(H,26,27). The van der Waals surface area contributed by atoms with Crippen LogP contribution in [-0.2, 0) is 20.9 Å².